The van der Waals surface area contributed by atoms with Crippen molar-refractivity contribution in [1.29, 1.82) is 0 Å². The molecule has 2 aromatic rings. The Kier molecular flexibility index (Phi) is 7.43. The van der Waals surface area contributed by atoms with Gasteiger partial charge in [-0.25, -0.2) is 0 Å². The molecule has 23 heavy (non-hydrogen) atoms. The molecule has 1 aliphatic rings. The van der Waals surface area contributed by atoms with E-state index in [1.807, 2.05) is 18.2 Å². The van der Waals surface area contributed by atoms with E-state index in [2.05, 4.69) is 109 Å². The predicted molar refractivity (Wildman–Crippen MR) is 125 cm³/mol. The molecule has 2 N–H and O–H groups in total. The molecule has 0 atom stereocenters. The van der Waals surface area contributed by atoms with E-state index < -0.39 is 0 Å². The number of allylic oxidation sites excluding steroid dienone is 2. The Balaban J connectivity index is 0.000000185. The summed E-state index contributed by atoms with van der Waals surface area (Å²) in [6.07, 6.45) is 3.47. The SMILES string of the molecule is CC(C)C1=CCc2c(I)cc(Br)cc21.Nc1ccc(Br)cc1I. The van der Waals surface area contributed by atoms with Gasteiger partial charge in [-0.2, -0.15) is 0 Å². The molecule has 1 aliphatic carbocycles. The zero-order chi connectivity index (χ0) is 17.1. The smallest absolute Gasteiger partial charge is 0.0450 e. The fourth-order valence-corrected chi connectivity index (χ4v) is 5.48. The number of hydrogen-bond donors (Lipinski definition) is 1. The Morgan fingerprint density at radius 3 is 2.22 bits per heavy atom. The normalized spacial score (nSPS) is 12.6. The number of nitrogens with two attached hydrogens (primary N) is 1. The number of anilines is 1. The summed E-state index contributed by atoms with van der Waals surface area (Å²) in [6, 6.07) is 10.2. The second-order valence-electron chi connectivity index (χ2n) is 5.60. The third-order valence-corrected chi connectivity index (χ3v) is 6.43. The summed E-state index contributed by atoms with van der Waals surface area (Å²) in [4.78, 5) is 0. The molecule has 5 heteroatoms. The largest absolute Gasteiger partial charge is 0.398 e. The summed E-state index contributed by atoms with van der Waals surface area (Å²) in [5.74, 6) is 0.626. The molecule has 0 heterocycles. The zero-order valence-corrected chi connectivity index (χ0v) is 20.3. The first-order valence-electron chi connectivity index (χ1n) is 7.18. The fourth-order valence-electron chi connectivity index (χ4n) is 2.44. The monoisotopic (exact) mass is 659 g/mol. The van der Waals surface area contributed by atoms with Gasteiger partial charge in [0, 0.05) is 21.8 Å². The molecule has 122 valence electrons. The van der Waals surface area contributed by atoms with Crippen LogP contribution in [0, 0.1) is 13.1 Å². The number of nitrogen functional groups attached to an aromatic ring is 1. The number of halogens is 4. The molecule has 0 amide bonds. The van der Waals surface area contributed by atoms with Crippen LogP contribution in [0.1, 0.15) is 25.0 Å². The van der Waals surface area contributed by atoms with Gasteiger partial charge in [0.15, 0.2) is 0 Å². The zero-order valence-electron chi connectivity index (χ0n) is 12.8. The highest BCUT2D eigenvalue weighted by atomic mass is 127. The van der Waals surface area contributed by atoms with Gasteiger partial charge in [0.05, 0.1) is 0 Å². The van der Waals surface area contributed by atoms with Gasteiger partial charge in [-0.3, -0.25) is 0 Å². The molecular formula is C18H17Br2I2N. The average molecular weight is 661 g/mol. The molecule has 0 spiro atoms. The van der Waals surface area contributed by atoms with E-state index in [-0.39, 0.29) is 0 Å². The topological polar surface area (TPSA) is 26.0 Å². The summed E-state index contributed by atoms with van der Waals surface area (Å²) in [6.45, 7) is 4.52. The summed E-state index contributed by atoms with van der Waals surface area (Å²) in [7, 11) is 0. The second kappa shape index (κ2) is 8.67. The maximum absolute atomic E-state index is 5.56. The first kappa shape index (κ1) is 19.7. The van der Waals surface area contributed by atoms with Crippen LogP contribution < -0.4 is 5.73 Å². The van der Waals surface area contributed by atoms with Crippen LogP contribution in [-0.4, -0.2) is 0 Å². The van der Waals surface area contributed by atoms with E-state index in [9.17, 15) is 0 Å². The molecule has 0 radical (unpaired) electrons. The van der Waals surface area contributed by atoms with Crippen molar-refractivity contribution in [3.63, 3.8) is 0 Å². The quantitative estimate of drug-likeness (QED) is 0.253. The molecule has 2 aromatic carbocycles. The molecule has 0 saturated heterocycles. The molecular weight excluding hydrogens is 644 g/mol. The van der Waals surface area contributed by atoms with Gasteiger partial charge in [-0.1, -0.05) is 51.8 Å². The Morgan fingerprint density at radius 1 is 1.00 bits per heavy atom. The second-order valence-corrected chi connectivity index (χ2v) is 9.75. The van der Waals surface area contributed by atoms with Gasteiger partial charge in [-0.05, 0) is 105 Å². The van der Waals surface area contributed by atoms with Crippen LogP contribution in [0.25, 0.3) is 5.57 Å². The fraction of sp³-hybridized carbons (Fsp3) is 0.222. The average Bonchev–Trinajstić information content (AvgIpc) is 2.88. The molecule has 0 saturated carbocycles. The Hall–Kier alpha value is 0.400. The van der Waals surface area contributed by atoms with Crippen molar-refractivity contribution in [1.82, 2.24) is 0 Å². The lowest BCUT2D eigenvalue weighted by Crippen LogP contribution is -1.94. The van der Waals surface area contributed by atoms with Crippen molar-refractivity contribution < 1.29 is 0 Å². The summed E-state index contributed by atoms with van der Waals surface area (Å²) >= 11 is 11.5. The Labute approximate surface area is 182 Å². The minimum Gasteiger partial charge on any atom is -0.398 e. The van der Waals surface area contributed by atoms with Crippen molar-refractivity contribution in [3.05, 3.63) is 63.6 Å². The van der Waals surface area contributed by atoms with E-state index >= 15 is 0 Å². The Bertz CT molecular complexity index is 755. The van der Waals surface area contributed by atoms with Crippen LogP contribution in [0.3, 0.4) is 0 Å². The van der Waals surface area contributed by atoms with Crippen LogP contribution in [0.4, 0.5) is 5.69 Å². The minimum atomic E-state index is 0.626. The number of rotatable bonds is 1. The lowest BCUT2D eigenvalue weighted by molar-refractivity contribution is 0.857. The molecule has 0 unspecified atom stereocenters. The van der Waals surface area contributed by atoms with E-state index in [1.54, 1.807) is 0 Å². The van der Waals surface area contributed by atoms with E-state index in [0.717, 1.165) is 20.2 Å². The van der Waals surface area contributed by atoms with Gasteiger partial charge >= 0.3 is 0 Å². The third-order valence-electron chi connectivity index (χ3n) is 3.58. The van der Waals surface area contributed by atoms with Crippen LogP contribution in [0.5, 0.6) is 0 Å². The number of benzene rings is 2. The van der Waals surface area contributed by atoms with Crippen LogP contribution in [-0.2, 0) is 6.42 Å². The molecule has 0 aromatic heterocycles. The summed E-state index contributed by atoms with van der Waals surface area (Å²) in [5, 5.41) is 0. The van der Waals surface area contributed by atoms with Crippen molar-refractivity contribution in [3.8, 4) is 0 Å². The number of hydrogen-bond acceptors (Lipinski definition) is 1. The van der Waals surface area contributed by atoms with Gasteiger partial charge in [0.25, 0.3) is 0 Å². The third kappa shape index (κ3) is 5.19. The van der Waals surface area contributed by atoms with Gasteiger partial charge < -0.3 is 5.73 Å². The van der Waals surface area contributed by atoms with Crippen molar-refractivity contribution in [2.45, 2.75) is 20.3 Å². The van der Waals surface area contributed by atoms with Crippen molar-refractivity contribution in [2.24, 2.45) is 5.92 Å². The highest BCUT2D eigenvalue weighted by Crippen LogP contribution is 2.37. The standard InChI is InChI=1S/C12H12BrI.C6H5BrIN/c1-7(2)9-3-4-10-11(9)5-8(13)6-12(10)14;7-4-1-2-6(9)5(8)3-4/h3,5-7H,4H2,1-2H3;1-3H,9H2. The number of fused-ring (bicyclic) bond motifs is 1. The lowest BCUT2D eigenvalue weighted by Gasteiger charge is -2.10. The van der Waals surface area contributed by atoms with Crippen LogP contribution in [0.2, 0.25) is 0 Å². The lowest BCUT2D eigenvalue weighted by atomic mass is 9.97. The molecule has 0 fully saturated rings. The van der Waals surface area contributed by atoms with E-state index in [0.29, 0.717) is 5.92 Å². The van der Waals surface area contributed by atoms with E-state index in [1.165, 1.54) is 24.7 Å². The maximum atomic E-state index is 5.56. The molecule has 3 rings (SSSR count). The van der Waals surface area contributed by atoms with Gasteiger partial charge in [0.1, 0.15) is 0 Å². The molecule has 1 nitrogen and oxygen atoms in total. The highest BCUT2D eigenvalue weighted by Gasteiger charge is 2.19. The Morgan fingerprint density at radius 2 is 1.65 bits per heavy atom. The van der Waals surface area contributed by atoms with Crippen LogP contribution >= 0.6 is 77.0 Å². The molecule has 0 bridgehead atoms. The predicted octanol–water partition coefficient (Wildman–Crippen LogP) is 7.29. The first-order chi connectivity index (χ1) is 10.8. The minimum absolute atomic E-state index is 0.626. The van der Waals surface area contributed by atoms with Crippen molar-refractivity contribution >= 4 is 88.3 Å². The van der Waals surface area contributed by atoms with Gasteiger partial charge in [-0.15, -0.1) is 0 Å². The maximum Gasteiger partial charge on any atom is 0.0450 e. The summed E-state index contributed by atoms with van der Waals surface area (Å²) in [5.41, 5.74) is 10.8. The summed E-state index contributed by atoms with van der Waals surface area (Å²) < 4.78 is 4.72. The van der Waals surface area contributed by atoms with E-state index in [4.69, 9.17) is 5.73 Å². The highest BCUT2D eigenvalue weighted by molar-refractivity contribution is 14.1. The van der Waals surface area contributed by atoms with Crippen molar-refractivity contribution in [2.75, 3.05) is 5.73 Å². The molecule has 0 aliphatic heterocycles. The van der Waals surface area contributed by atoms with Crippen LogP contribution in [0.15, 0.2) is 45.4 Å². The first-order valence-corrected chi connectivity index (χ1v) is 10.9. The van der Waals surface area contributed by atoms with Gasteiger partial charge in [0.2, 0.25) is 0 Å².